The standard InChI is InChI=1S/C24H33NOSi/c1-24(2,3)27(22-12-6-4-7-13-22,23-14-8-5-9-15-23)26-19-21-11-10-18-25(21)20-16-17-20/h4-9,12-15,20-21H,10-11,16-19H2,1-3H3. The zero-order chi connectivity index (χ0) is 18.9. The highest BCUT2D eigenvalue weighted by atomic mass is 28.4. The van der Waals surface area contributed by atoms with Crippen LogP contribution >= 0.6 is 0 Å². The minimum atomic E-state index is -2.39. The van der Waals surface area contributed by atoms with Crippen LogP contribution in [0.3, 0.4) is 0 Å². The van der Waals surface area contributed by atoms with Crippen LogP contribution < -0.4 is 10.4 Å². The lowest BCUT2D eigenvalue weighted by Gasteiger charge is -2.44. The van der Waals surface area contributed by atoms with Gasteiger partial charge in [-0.3, -0.25) is 4.90 Å². The lowest BCUT2D eigenvalue weighted by atomic mass is 10.2. The Bertz CT molecular complexity index is 696. The molecule has 0 bridgehead atoms. The first-order chi connectivity index (χ1) is 13.0. The fourth-order valence-corrected chi connectivity index (χ4v) is 9.50. The van der Waals surface area contributed by atoms with E-state index in [9.17, 15) is 0 Å². The van der Waals surface area contributed by atoms with Crippen LogP contribution in [0, 0.1) is 0 Å². The molecule has 0 spiro atoms. The van der Waals surface area contributed by atoms with E-state index in [2.05, 4.69) is 86.3 Å². The maximum atomic E-state index is 7.16. The number of nitrogens with zero attached hydrogens (tertiary/aromatic N) is 1. The summed E-state index contributed by atoms with van der Waals surface area (Å²) in [7, 11) is -2.39. The van der Waals surface area contributed by atoms with Crippen LogP contribution in [0.15, 0.2) is 60.7 Å². The van der Waals surface area contributed by atoms with E-state index in [1.807, 2.05) is 0 Å². The van der Waals surface area contributed by atoms with Crippen LogP contribution in [-0.4, -0.2) is 38.5 Å². The highest BCUT2D eigenvalue weighted by molar-refractivity contribution is 6.99. The summed E-state index contributed by atoms with van der Waals surface area (Å²) in [5.74, 6) is 0. The van der Waals surface area contributed by atoms with Crippen molar-refractivity contribution < 1.29 is 4.43 Å². The van der Waals surface area contributed by atoms with Gasteiger partial charge in [-0.05, 0) is 47.6 Å². The molecule has 2 aromatic carbocycles. The van der Waals surface area contributed by atoms with Crippen molar-refractivity contribution in [1.29, 1.82) is 0 Å². The van der Waals surface area contributed by atoms with Crippen molar-refractivity contribution in [3.8, 4) is 0 Å². The summed E-state index contributed by atoms with van der Waals surface area (Å²) in [5, 5.41) is 2.85. The number of rotatable bonds is 6. The van der Waals surface area contributed by atoms with E-state index in [0.29, 0.717) is 6.04 Å². The zero-order valence-electron chi connectivity index (χ0n) is 17.0. The monoisotopic (exact) mass is 379 g/mol. The van der Waals surface area contributed by atoms with Gasteiger partial charge >= 0.3 is 0 Å². The summed E-state index contributed by atoms with van der Waals surface area (Å²) < 4.78 is 7.16. The molecule has 1 aliphatic heterocycles. The summed E-state index contributed by atoms with van der Waals surface area (Å²) in [6, 6.07) is 23.5. The van der Waals surface area contributed by atoms with Crippen molar-refractivity contribution in [2.75, 3.05) is 13.2 Å². The molecule has 2 nitrogen and oxygen atoms in total. The molecule has 1 saturated heterocycles. The second-order valence-corrected chi connectivity index (χ2v) is 13.5. The van der Waals surface area contributed by atoms with Gasteiger partial charge in [-0.2, -0.15) is 0 Å². The Morgan fingerprint density at radius 1 is 0.889 bits per heavy atom. The number of hydrogen-bond donors (Lipinski definition) is 0. The second kappa shape index (κ2) is 7.54. The third kappa shape index (κ3) is 3.65. The van der Waals surface area contributed by atoms with Gasteiger partial charge in [-0.15, -0.1) is 0 Å². The zero-order valence-corrected chi connectivity index (χ0v) is 18.0. The first kappa shape index (κ1) is 18.9. The average molecular weight is 380 g/mol. The summed E-state index contributed by atoms with van der Waals surface area (Å²) >= 11 is 0. The molecule has 1 heterocycles. The molecule has 3 heteroatoms. The van der Waals surface area contributed by atoms with Crippen LogP contribution in [0.2, 0.25) is 5.04 Å². The normalized spacial score (nSPS) is 21.5. The van der Waals surface area contributed by atoms with Crippen molar-refractivity contribution in [2.24, 2.45) is 0 Å². The third-order valence-electron chi connectivity index (χ3n) is 6.35. The Morgan fingerprint density at radius 3 is 1.93 bits per heavy atom. The van der Waals surface area contributed by atoms with Gasteiger partial charge in [0.25, 0.3) is 8.32 Å². The smallest absolute Gasteiger partial charge is 0.261 e. The number of likely N-dealkylation sites (tertiary alicyclic amines) is 1. The molecule has 1 aliphatic carbocycles. The molecule has 0 amide bonds. The largest absolute Gasteiger partial charge is 0.406 e. The van der Waals surface area contributed by atoms with Crippen LogP contribution in [0.1, 0.15) is 46.5 Å². The Labute approximate surface area is 165 Å². The van der Waals surface area contributed by atoms with Gasteiger partial charge in [0, 0.05) is 12.1 Å². The van der Waals surface area contributed by atoms with E-state index in [1.165, 1.54) is 42.6 Å². The summed E-state index contributed by atoms with van der Waals surface area (Å²) in [6.07, 6.45) is 5.38. The van der Waals surface area contributed by atoms with Crippen molar-refractivity contribution in [2.45, 2.75) is 63.6 Å². The van der Waals surface area contributed by atoms with Crippen molar-refractivity contribution in [3.63, 3.8) is 0 Å². The third-order valence-corrected chi connectivity index (χ3v) is 11.4. The molecule has 0 aromatic heterocycles. The fourth-order valence-electron chi connectivity index (χ4n) is 4.91. The maximum absolute atomic E-state index is 7.16. The molecule has 0 radical (unpaired) electrons. The summed E-state index contributed by atoms with van der Waals surface area (Å²) in [5.41, 5.74) is 0. The fraction of sp³-hybridized carbons (Fsp3) is 0.500. The van der Waals surface area contributed by atoms with Crippen molar-refractivity contribution in [1.82, 2.24) is 4.90 Å². The maximum Gasteiger partial charge on any atom is 0.261 e. The van der Waals surface area contributed by atoms with E-state index in [0.717, 1.165) is 12.6 Å². The minimum Gasteiger partial charge on any atom is -0.406 e. The van der Waals surface area contributed by atoms with E-state index < -0.39 is 8.32 Å². The van der Waals surface area contributed by atoms with Gasteiger partial charge in [0.2, 0.25) is 0 Å². The SMILES string of the molecule is CC(C)(C)[Si](OCC1CCCN1C1CC1)(c1ccccc1)c1ccccc1. The Kier molecular flexibility index (Phi) is 5.28. The lowest BCUT2D eigenvalue weighted by molar-refractivity contribution is 0.160. The average Bonchev–Trinajstić information content (AvgIpc) is 3.41. The van der Waals surface area contributed by atoms with E-state index in [-0.39, 0.29) is 5.04 Å². The summed E-state index contributed by atoms with van der Waals surface area (Å²) in [4.78, 5) is 2.73. The van der Waals surface area contributed by atoms with E-state index in [4.69, 9.17) is 4.43 Å². The van der Waals surface area contributed by atoms with Gasteiger partial charge in [-0.1, -0.05) is 81.4 Å². The molecule has 2 aromatic rings. The summed E-state index contributed by atoms with van der Waals surface area (Å²) in [6.45, 7) is 9.23. The Morgan fingerprint density at radius 2 is 1.44 bits per heavy atom. The van der Waals surface area contributed by atoms with E-state index >= 15 is 0 Å². The van der Waals surface area contributed by atoms with Gasteiger partial charge in [0.15, 0.2) is 0 Å². The molecule has 2 fully saturated rings. The van der Waals surface area contributed by atoms with E-state index in [1.54, 1.807) is 0 Å². The molecular formula is C24H33NOSi. The minimum absolute atomic E-state index is 0.0682. The number of benzene rings is 2. The Hall–Kier alpha value is -1.42. The molecule has 1 saturated carbocycles. The van der Waals surface area contributed by atoms with Crippen LogP contribution in [-0.2, 0) is 4.43 Å². The molecule has 27 heavy (non-hydrogen) atoms. The van der Waals surface area contributed by atoms with Gasteiger partial charge in [0.05, 0.1) is 6.61 Å². The van der Waals surface area contributed by atoms with Crippen LogP contribution in [0.5, 0.6) is 0 Å². The van der Waals surface area contributed by atoms with Crippen molar-refractivity contribution >= 4 is 18.7 Å². The Balaban J connectivity index is 1.71. The predicted molar refractivity (Wildman–Crippen MR) is 116 cm³/mol. The van der Waals surface area contributed by atoms with Crippen LogP contribution in [0.25, 0.3) is 0 Å². The first-order valence-corrected chi connectivity index (χ1v) is 12.4. The van der Waals surface area contributed by atoms with Gasteiger partial charge < -0.3 is 4.43 Å². The lowest BCUT2D eigenvalue weighted by Crippen LogP contribution is -2.67. The highest BCUT2D eigenvalue weighted by Crippen LogP contribution is 2.38. The van der Waals surface area contributed by atoms with Crippen LogP contribution in [0.4, 0.5) is 0 Å². The molecule has 4 rings (SSSR count). The predicted octanol–water partition coefficient (Wildman–Crippen LogP) is 4.19. The molecular weight excluding hydrogens is 346 g/mol. The van der Waals surface area contributed by atoms with Crippen molar-refractivity contribution in [3.05, 3.63) is 60.7 Å². The first-order valence-electron chi connectivity index (χ1n) is 10.5. The molecule has 0 N–H and O–H groups in total. The topological polar surface area (TPSA) is 12.5 Å². The second-order valence-electron chi connectivity index (χ2n) is 9.24. The highest BCUT2D eigenvalue weighted by Gasteiger charge is 2.51. The molecule has 144 valence electrons. The molecule has 1 atom stereocenters. The van der Waals surface area contributed by atoms with Gasteiger partial charge in [-0.25, -0.2) is 0 Å². The molecule has 2 aliphatic rings. The molecule has 1 unspecified atom stereocenters. The quantitative estimate of drug-likeness (QED) is 0.698. The number of hydrogen-bond acceptors (Lipinski definition) is 2. The van der Waals surface area contributed by atoms with Gasteiger partial charge in [0.1, 0.15) is 0 Å².